The van der Waals surface area contributed by atoms with E-state index in [0.717, 1.165) is 0 Å². The molecular formula is C3H4NO4P. The maximum atomic E-state index is 10.3. The molecule has 1 aliphatic rings. The number of carbonyl (C=O) groups is 1. The van der Waals surface area contributed by atoms with E-state index in [1.165, 1.54) is 0 Å². The molecule has 9 heavy (non-hydrogen) atoms. The fourth-order valence-electron chi connectivity index (χ4n) is 0.534. The quantitative estimate of drug-likeness (QED) is 0.510. The molecule has 0 aromatic rings. The topological polar surface area (TPSA) is 63.7 Å². The lowest BCUT2D eigenvalue weighted by Crippen LogP contribution is -2.12. The van der Waals surface area contributed by atoms with Gasteiger partial charge < -0.3 is 4.74 Å². The molecule has 1 heterocycles. The standard InChI is InChI=1S/C3H4NO4P/c5-3-4(9(6)7)1-2-8-3/h1-2H2. The van der Waals surface area contributed by atoms with E-state index in [1.54, 1.807) is 0 Å². The van der Waals surface area contributed by atoms with Crippen LogP contribution in [0.1, 0.15) is 0 Å². The third kappa shape index (κ3) is 1.10. The van der Waals surface area contributed by atoms with Crippen LogP contribution < -0.4 is 0 Å². The summed E-state index contributed by atoms with van der Waals surface area (Å²) in [7, 11) is -2.78. The highest BCUT2D eigenvalue weighted by atomic mass is 31.1. The third-order valence-corrected chi connectivity index (χ3v) is 1.69. The van der Waals surface area contributed by atoms with Gasteiger partial charge >= 0.3 is 13.9 Å². The summed E-state index contributed by atoms with van der Waals surface area (Å²) in [6.45, 7) is 0.319. The summed E-state index contributed by atoms with van der Waals surface area (Å²) in [4.78, 5) is 10.3. The fraction of sp³-hybridized carbons (Fsp3) is 0.667. The van der Waals surface area contributed by atoms with Crippen molar-refractivity contribution in [3.63, 3.8) is 0 Å². The lowest BCUT2D eigenvalue weighted by Gasteiger charge is -1.95. The van der Waals surface area contributed by atoms with Gasteiger partial charge in [0.05, 0.1) is 6.54 Å². The van der Waals surface area contributed by atoms with Crippen molar-refractivity contribution in [2.24, 2.45) is 0 Å². The van der Waals surface area contributed by atoms with Gasteiger partial charge in [0.25, 0.3) is 0 Å². The maximum absolute atomic E-state index is 10.3. The monoisotopic (exact) mass is 149 g/mol. The molecule has 6 heteroatoms. The summed E-state index contributed by atoms with van der Waals surface area (Å²) in [6.07, 6.45) is -0.772. The molecule has 0 aromatic heterocycles. The van der Waals surface area contributed by atoms with Crippen molar-refractivity contribution in [1.82, 2.24) is 4.67 Å². The minimum Gasteiger partial charge on any atom is -0.447 e. The largest absolute Gasteiger partial charge is 0.447 e. The Morgan fingerprint density at radius 1 is 1.56 bits per heavy atom. The molecule has 1 rings (SSSR count). The molecule has 0 N–H and O–H groups in total. The van der Waals surface area contributed by atoms with Crippen LogP contribution in [0.3, 0.4) is 0 Å². The van der Waals surface area contributed by atoms with Gasteiger partial charge in [-0.3, -0.25) is 0 Å². The van der Waals surface area contributed by atoms with Crippen LogP contribution in [-0.4, -0.2) is 23.9 Å². The maximum Gasteiger partial charge on any atom is 0.432 e. The predicted octanol–water partition coefficient (Wildman–Crippen LogP) is 0.526. The Balaban J connectivity index is 2.71. The molecule has 1 fully saturated rings. The normalized spacial score (nSPS) is 17.8. The van der Waals surface area contributed by atoms with Crippen LogP contribution in [0.4, 0.5) is 4.79 Å². The highest BCUT2D eigenvalue weighted by Gasteiger charge is 2.25. The summed E-state index contributed by atoms with van der Waals surface area (Å²) in [5.41, 5.74) is 0. The highest BCUT2D eigenvalue weighted by Crippen LogP contribution is 2.17. The summed E-state index contributed by atoms with van der Waals surface area (Å²) in [5, 5.41) is 0. The lowest BCUT2D eigenvalue weighted by molar-refractivity contribution is 0.169. The van der Waals surface area contributed by atoms with Crippen LogP contribution in [0.15, 0.2) is 0 Å². The lowest BCUT2D eigenvalue weighted by atomic mass is 10.7. The minimum atomic E-state index is -2.78. The van der Waals surface area contributed by atoms with Crippen molar-refractivity contribution >= 4 is 13.9 Å². The van der Waals surface area contributed by atoms with Crippen LogP contribution in [0.2, 0.25) is 0 Å². The average Bonchev–Trinajstić information content (AvgIpc) is 2.13. The van der Waals surface area contributed by atoms with E-state index in [1.807, 2.05) is 0 Å². The second-order valence-electron chi connectivity index (χ2n) is 1.48. The van der Waals surface area contributed by atoms with Crippen LogP contribution in [-0.2, 0) is 13.9 Å². The Labute approximate surface area is 51.5 Å². The fourth-order valence-corrected chi connectivity index (χ4v) is 0.970. The first kappa shape index (κ1) is 6.29. The molecule has 1 amide bonds. The smallest absolute Gasteiger partial charge is 0.432 e. The molecule has 5 nitrogen and oxygen atoms in total. The Hall–Kier alpha value is -0.830. The molecule has 1 saturated heterocycles. The molecule has 0 atom stereocenters. The van der Waals surface area contributed by atoms with E-state index in [9.17, 15) is 13.9 Å². The van der Waals surface area contributed by atoms with Gasteiger partial charge in [0.1, 0.15) is 6.61 Å². The first-order chi connectivity index (χ1) is 4.22. The molecule has 0 unspecified atom stereocenters. The van der Waals surface area contributed by atoms with Gasteiger partial charge in [-0.2, -0.15) is 4.67 Å². The Kier molecular flexibility index (Phi) is 1.53. The van der Waals surface area contributed by atoms with Crippen LogP contribution in [0.5, 0.6) is 0 Å². The third-order valence-electron chi connectivity index (χ3n) is 0.936. The van der Waals surface area contributed by atoms with Crippen LogP contribution in [0, 0.1) is 0 Å². The van der Waals surface area contributed by atoms with Gasteiger partial charge in [-0.1, -0.05) is 0 Å². The van der Waals surface area contributed by atoms with Crippen LogP contribution >= 0.6 is 7.83 Å². The van der Waals surface area contributed by atoms with Gasteiger partial charge in [-0.15, -0.1) is 0 Å². The number of rotatable bonds is 1. The number of ether oxygens (including phenoxy) is 1. The van der Waals surface area contributed by atoms with Gasteiger partial charge in [0, 0.05) is 0 Å². The van der Waals surface area contributed by atoms with Gasteiger partial charge in [-0.25, -0.2) is 13.9 Å². The van der Waals surface area contributed by atoms with Gasteiger partial charge in [-0.05, 0) is 0 Å². The number of cyclic esters (lactones) is 1. The predicted molar refractivity (Wildman–Crippen MR) is 26.3 cm³/mol. The Bertz CT molecular complexity index is 190. The molecule has 0 aliphatic carbocycles. The van der Waals surface area contributed by atoms with Gasteiger partial charge in [0.15, 0.2) is 0 Å². The van der Waals surface area contributed by atoms with E-state index in [-0.39, 0.29) is 13.2 Å². The molecule has 1 aliphatic heterocycles. The van der Waals surface area contributed by atoms with E-state index in [0.29, 0.717) is 4.67 Å². The molecule has 0 saturated carbocycles. The highest BCUT2D eigenvalue weighted by molar-refractivity contribution is 7.28. The first-order valence-corrected chi connectivity index (χ1v) is 3.43. The van der Waals surface area contributed by atoms with Crippen molar-refractivity contribution < 1.29 is 18.7 Å². The van der Waals surface area contributed by atoms with Crippen molar-refractivity contribution in [1.29, 1.82) is 0 Å². The van der Waals surface area contributed by atoms with Crippen LogP contribution in [0.25, 0.3) is 0 Å². The number of hydrogen-bond donors (Lipinski definition) is 0. The first-order valence-electron chi connectivity index (χ1n) is 2.30. The Morgan fingerprint density at radius 3 is 2.44 bits per heavy atom. The molecule has 0 radical (unpaired) electrons. The second kappa shape index (κ2) is 2.19. The minimum absolute atomic E-state index is 0.150. The molecular weight excluding hydrogens is 145 g/mol. The van der Waals surface area contributed by atoms with E-state index in [4.69, 9.17) is 0 Å². The Morgan fingerprint density at radius 2 is 2.22 bits per heavy atom. The van der Waals surface area contributed by atoms with Gasteiger partial charge in [0.2, 0.25) is 0 Å². The summed E-state index contributed by atoms with van der Waals surface area (Å²) in [6, 6.07) is 0. The number of nitrogens with zero attached hydrogens (tertiary/aromatic N) is 1. The number of amides is 1. The van der Waals surface area contributed by atoms with E-state index < -0.39 is 13.9 Å². The number of carbonyl (C=O) groups excluding carboxylic acids is 1. The van der Waals surface area contributed by atoms with E-state index >= 15 is 0 Å². The van der Waals surface area contributed by atoms with Crippen molar-refractivity contribution in [2.45, 2.75) is 0 Å². The van der Waals surface area contributed by atoms with Crippen molar-refractivity contribution in [3.8, 4) is 0 Å². The summed E-state index contributed by atoms with van der Waals surface area (Å²) >= 11 is 0. The van der Waals surface area contributed by atoms with Crippen molar-refractivity contribution in [2.75, 3.05) is 13.2 Å². The van der Waals surface area contributed by atoms with E-state index in [2.05, 4.69) is 4.74 Å². The summed E-state index contributed by atoms with van der Waals surface area (Å²) < 4.78 is 25.1. The molecule has 50 valence electrons. The average molecular weight is 149 g/mol. The zero-order valence-electron chi connectivity index (χ0n) is 4.44. The summed E-state index contributed by atoms with van der Waals surface area (Å²) in [5.74, 6) is 0. The SMILES string of the molecule is O=C1OCCN1P(=O)=O. The van der Waals surface area contributed by atoms with Crippen molar-refractivity contribution in [3.05, 3.63) is 0 Å². The molecule has 0 spiro atoms. The zero-order valence-corrected chi connectivity index (χ0v) is 5.34. The second-order valence-corrected chi connectivity index (χ2v) is 2.43. The molecule has 0 aromatic carbocycles. The zero-order chi connectivity index (χ0) is 6.85. The number of hydrogen-bond acceptors (Lipinski definition) is 4. The molecule has 0 bridgehead atoms.